The number of H-pyrrole nitrogens is 1. The fraction of sp³-hybridized carbons (Fsp3) is 0.839. The van der Waals surface area contributed by atoms with Gasteiger partial charge in [-0.25, -0.2) is 17.7 Å². The zero-order valence-corrected chi connectivity index (χ0v) is 28.2. The van der Waals surface area contributed by atoms with Gasteiger partial charge in [0.25, 0.3) is 0 Å². The zero-order valence-electron chi connectivity index (χ0n) is 26.6. The molecule has 1 amide bonds. The Bertz CT molecular complexity index is 1130. The molecule has 11 heteroatoms. The average molecular weight is 629 g/mol. The minimum atomic E-state index is -3.57. The Balaban J connectivity index is 1.75. The Hall–Kier alpha value is -1.65. The molecule has 3 N–H and O–H groups in total. The second-order valence-corrected chi connectivity index (χ2v) is 14.1. The number of aromatic nitrogens is 4. The van der Waals surface area contributed by atoms with Crippen LogP contribution in [-0.4, -0.2) is 45.9 Å². The first-order valence-corrected chi connectivity index (χ1v) is 18.7. The van der Waals surface area contributed by atoms with Gasteiger partial charge in [0, 0.05) is 0 Å². The molecule has 0 saturated heterocycles. The van der Waals surface area contributed by atoms with Crippen molar-refractivity contribution in [3.63, 3.8) is 0 Å². The first kappa shape index (κ1) is 36.5. The monoisotopic (exact) mass is 628 g/mol. The summed E-state index contributed by atoms with van der Waals surface area (Å²) in [6.07, 6.45) is 21.0. The van der Waals surface area contributed by atoms with E-state index in [1.807, 2.05) is 13.8 Å². The van der Waals surface area contributed by atoms with Crippen LogP contribution < -0.4 is 10.0 Å². The minimum Gasteiger partial charge on any atom is -0.345 e. The van der Waals surface area contributed by atoms with Gasteiger partial charge in [-0.15, -0.1) is 10.2 Å². The van der Waals surface area contributed by atoms with E-state index in [9.17, 15) is 13.2 Å². The highest BCUT2D eigenvalue weighted by Crippen LogP contribution is 2.25. The number of hydrogen-bond donors (Lipinski definition) is 3. The highest BCUT2D eigenvalue weighted by molar-refractivity contribution is 7.89. The maximum Gasteiger partial charge on any atom is 0.238 e. The summed E-state index contributed by atoms with van der Waals surface area (Å²) in [5.74, 6) is 0.249. The van der Waals surface area contributed by atoms with Gasteiger partial charge in [0.1, 0.15) is 11.1 Å². The molecule has 42 heavy (non-hydrogen) atoms. The summed E-state index contributed by atoms with van der Waals surface area (Å²) in [6, 6.07) is -1.26. The molecule has 2 atom stereocenters. The van der Waals surface area contributed by atoms with Gasteiger partial charge in [0.2, 0.25) is 15.9 Å². The summed E-state index contributed by atoms with van der Waals surface area (Å²) in [5.41, 5.74) is 1.28. The van der Waals surface area contributed by atoms with E-state index < -0.39 is 22.1 Å². The number of aryl methyl sites for hydroxylation is 1. The molecule has 0 bridgehead atoms. The average Bonchev–Trinajstić information content (AvgIpc) is 3.50. The number of rotatable bonds is 25. The third kappa shape index (κ3) is 12.9. The highest BCUT2D eigenvalue weighted by atomic mass is 35.5. The molecular weight excluding hydrogens is 572 g/mol. The molecule has 2 aromatic heterocycles. The van der Waals surface area contributed by atoms with E-state index in [0.29, 0.717) is 35.8 Å². The summed E-state index contributed by atoms with van der Waals surface area (Å²) in [4.78, 5) is 13.3. The lowest BCUT2D eigenvalue weighted by Gasteiger charge is -2.22. The van der Waals surface area contributed by atoms with E-state index in [1.165, 1.54) is 64.2 Å². The Morgan fingerprint density at radius 3 is 1.90 bits per heavy atom. The van der Waals surface area contributed by atoms with Crippen LogP contribution in [0.25, 0.3) is 5.65 Å². The second-order valence-electron chi connectivity index (χ2n) is 11.8. The largest absolute Gasteiger partial charge is 0.345 e. The fourth-order valence-electron chi connectivity index (χ4n) is 5.38. The number of unbranched alkanes of at least 4 members (excludes halogenated alkanes) is 15. The Morgan fingerprint density at radius 1 is 0.833 bits per heavy atom. The van der Waals surface area contributed by atoms with Gasteiger partial charge in [-0.05, 0) is 26.2 Å². The molecule has 242 valence electrons. The van der Waals surface area contributed by atoms with Gasteiger partial charge in [-0.1, -0.05) is 135 Å². The van der Waals surface area contributed by atoms with Crippen LogP contribution >= 0.6 is 11.6 Å². The van der Waals surface area contributed by atoms with Gasteiger partial charge in [0.05, 0.1) is 17.5 Å². The molecule has 0 spiro atoms. The number of carbonyl (C=O) groups is 1. The van der Waals surface area contributed by atoms with Crippen LogP contribution in [0.15, 0.2) is 0 Å². The number of amides is 1. The molecule has 9 nitrogen and oxygen atoms in total. The van der Waals surface area contributed by atoms with Crippen molar-refractivity contribution >= 4 is 33.2 Å². The molecule has 0 aliphatic rings. The third-order valence-corrected chi connectivity index (χ3v) is 9.95. The number of nitrogens with zero attached hydrogens (tertiary/aromatic N) is 3. The maximum atomic E-state index is 13.3. The van der Waals surface area contributed by atoms with Crippen molar-refractivity contribution in [3.8, 4) is 0 Å². The first-order valence-electron chi connectivity index (χ1n) is 16.6. The third-order valence-electron chi connectivity index (χ3n) is 8.03. The predicted molar refractivity (Wildman–Crippen MR) is 173 cm³/mol. The summed E-state index contributed by atoms with van der Waals surface area (Å²) in [5, 5.41) is 15.2. The summed E-state index contributed by atoms with van der Waals surface area (Å²) < 4.78 is 30.0. The standard InChI is InChI=1S/C31H57ClN6O3S/c1-5-8-10-11-12-13-14-15-16-17-18-19-20-22-24-42(40,41)37-26(7-3)31(39)33-27(23-21-9-6-2)29-34-35-30-28(32)25(4)36-38(29)30/h26-27,36-37H,5-24H2,1-4H3,(H,33,39). The molecule has 2 rings (SSSR count). The van der Waals surface area contributed by atoms with Crippen molar-refractivity contribution in [2.75, 3.05) is 5.75 Å². The minimum absolute atomic E-state index is 0.0415. The van der Waals surface area contributed by atoms with Gasteiger partial charge in [-0.3, -0.25) is 9.89 Å². The van der Waals surface area contributed by atoms with E-state index in [-0.39, 0.29) is 11.7 Å². The topological polar surface area (TPSA) is 121 Å². The van der Waals surface area contributed by atoms with Crippen LogP contribution in [0.1, 0.15) is 160 Å². The van der Waals surface area contributed by atoms with Crippen LogP contribution in [0.2, 0.25) is 5.02 Å². The number of hydrogen-bond acceptors (Lipinski definition) is 5. The number of fused-ring (bicyclic) bond motifs is 1. The summed E-state index contributed by atoms with van der Waals surface area (Å²) in [7, 11) is -3.57. The van der Waals surface area contributed by atoms with E-state index >= 15 is 0 Å². The van der Waals surface area contributed by atoms with Gasteiger partial charge in [0.15, 0.2) is 11.5 Å². The van der Waals surface area contributed by atoms with Crippen LogP contribution in [0.4, 0.5) is 0 Å². The lowest BCUT2D eigenvalue weighted by Crippen LogP contribution is -2.48. The van der Waals surface area contributed by atoms with E-state index in [0.717, 1.165) is 44.2 Å². The van der Waals surface area contributed by atoms with E-state index in [1.54, 1.807) is 4.52 Å². The number of carbonyl (C=O) groups excluding carboxylic acids is 1. The summed E-state index contributed by atoms with van der Waals surface area (Å²) in [6.45, 7) is 8.04. The number of nitrogens with one attached hydrogen (secondary N) is 3. The van der Waals surface area contributed by atoms with Gasteiger partial charge < -0.3 is 5.32 Å². The predicted octanol–water partition coefficient (Wildman–Crippen LogP) is 7.94. The van der Waals surface area contributed by atoms with Gasteiger partial charge >= 0.3 is 0 Å². The molecule has 0 fully saturated rings. The van der Waals surface area contributed by atoms with Crippen molar-refractivity contribution < 1.29 is 13.2 Å². The molecule has 0 aromatic carbocycles. The van der Waals surface area contributed by atoms with Crippen molar-refractivity contribution in [2.24, 2.45) is 0 Å². The first-order chi connectivity index (χ1) is 20.2. The smallest absolute Gasteiger partial charge is 0.238 e. The zero-order chi connectivity index (χ0) is 30.8. The Morgan fingerprint density at radius 2 is 1.36 bits per heavy atom. The molecule has 0 radical (unpaired) electrons. The molecule has 2 heterocycles. The Labute approximate surface area is 259 Å². The molecule has 2 unspecified atom stereocenters. The quantitative estimate of drug-likeness (QED) is 0.0964. The Kier molecular flexibility index (Phi) is 17.7. The highest BCUT2D eigenvalue weighted by Gasteiger charge is 2.28. The molecule has 2 aromatic rings. The number of sulfonamides is 1. The van der Waals surface area contributed by atoms with E-state index in [2.05, 4.69) is 39.2 Å². The fourth-order valence-corrected chi connectivity index (χ4v) is 6.95. The van der Waals surface area contributed by atoms with Crippen molar-refractivity contribution in [1.82, 2.24) is 29.9 Å². The number of halogens is 1. The summed E-state index contributed by atoms with van der Waals surface area (Å²) >= 11 is 6.34. The molecule has 0 saturated carbocycles. The van der Waals surface area contributed by atoms with Crippen molar-refractivity contribution in [3.05, 3.63) is 16.5 Å². The van der Waals surface area contributed by atoms with Crippen molar-refractivity contribution in [2.45, 2.75) is 162 Å². The lowest BCUT2D eigenvalue weighted by molar-refractivity contribution is -0.123. The van der Waals surface area contributed by atoms with Crippen LogP contribution in [0.5, 0.6) is 0 Å². The van der Waals surface area contributed by atoms with Crippen LogP contribution in [0.3, 0.4) is 0 Å². The van der Waals surface area contributed by atoms with Crippen molar-refractivity contribution in [1.29, 1.82) is 0 Å². The number of aromatic amines is 1. The molecule has 0 aliphatic carbocycles. The van der Waals surface area contributed by atoms with Crippen LogP contribution in [-0.2, 0) is 14.8 Å². The van der Waals surface area contributed by atoms with Gasteiger partial charge in [-0.2, -0.15) is 0 Å². The molecular formula is C31H57ClN6O3S. The lowest BCUT2D eigenvalue weighted by atomic mass is 10.0. The SMILES string of the molecule is CCCCCCCCCCCCCCCCS(=O)(=O)NC(CC)C(=O)NC(CCCCC)c1nnc2c(Cl)c(C)[nH]n12. The van der Waals surface area contributed by atoms with E-state index in [4.69, 9.17) is 11.6 Å². The normalized spacial score (nSPS) is 13.5. The maximum absolute atomic E-state index is 13.3. The second kappa shape index (κ2) is 20.3. The molecule has 0 aliphatic heterocycles. The van der Waals surface area contributed by atoms with Crippen LogP contribution in [0, 0.1) is 6.92 Å².